The zero-order chi connectivity index (χ0) is 20.3. The Morgan fingerprint density at radius 1 is 0.429 bits per heavy atom. The number of rotatable bonds is 2. The van der Waals surface area contributed by atoms with E-state index in [1.807, 2.05) is 0 Å². The summed E-state index contributed by atoms with van der Waals surface area (Å²) in [5.74, 6) is 1.22. The lowest BCUT2D eigenvalue weighted by Crippen LogP contribution is -1.86. The molecule has 4 aromatic rings. The van der Waals surface area contributed by atoms with Gasteiger partial charge in [-0.25, -0.2) is 0 Å². The topological polar surface area (TPSA) is 0 Å². The second kappa shape index (κ2) is 8.61. The Hall–Kier alpha value is -2.60. The van der Waals surface area contributed by atoms with Gasteiger partial charge in [0.1, 0.15) is 0 Å². The predicted octanol–water partition coefficient (Wildman–Crippen LogP) is 8.54. The van der Waals surface area contributed by atoms with Crippen LogP contribution in [0.3, 0.4) is 0 Å². The molecule has 0 saturated carbocycles. The Balaban J connectivity index is 0.000000161. The van der Waals surface area contributed by atoms with Crippen LogP contribution in [0.4, 0.5) is 0 Å². The molecule has 0 unspecified atom stereocenters. The fourth-order valence-electron chi connectivity index (χ4n) is 3.49. The Bertz CT molecular complexity index is 994. The molecule has 0 aliphatic carbocycles. The van der Waals surface area contributed by atoms with Gasteiger partial charge in [0, 0.05) is 0 Å². The van der Waals surface area contributed by atoms with E-state index in [4.69, 9.17) is 0 Å². The minimum Gasteiger partial charge on any atom is -0.0587 e. The highest BCUT2D eigenvalue weighted by molar-refractivity contribution is 5.84. The molecule has 4 rings (SSSR count). The second-order valence-corrected chi connectivity index (χ2v) is 8.53. The summed E-state index contributed by atoms with van der Waals surface area (Å²) in [4.78, 5) is 0. The molecule has 0 aromatic heterocycles. The predicted molar refractivity (Wildman–Crippen MR) is 126 cm³/mol. The summed E-state index contributed by atoms with van der Waals surface area (Å²) in [6.45, 7) is 13.2. The van der Waals surface area contributed by atoms with Crippen LogP contribution in [0.15, 0.2) is 72.8 Å². The Morgan fingerprint density at radius 2 is 0.750 bits per heavy atom. The minimum atomic E-state index is 0.612. The molecule has 28 heavy (non-hydrogen) atoms. The summed E-state index contributed by atoms with van der Waals surface area (Å²) < 4.78 is 0. The summed E-state index contributed by atoms with van der Waals surface area (Å²) in [5.41, 5.74) is 5.49. The van der Waals surface area contributed by atoms with E-state index in [9.17, 15) is 0 Å². The van der Waals surface area contributed by atoms with Crippen LogP contribution in [0.2, 0.25) is 0 Å². The summed E-state index contributed by atoms with van der Waals surface area (Å²) in [5, 5.41) is 5.38. The maximum Gasteiger partial charge on any atom is -0.0181 e. The van der Waals surface area contributed by atoms with Crippen molar-refractivity contribution in [2.24, 2.45) is 0 Å². The molecule has 0 spiro atoms. The van der Waals surface area contributed by atoms with Gasteiger partial charge in [-0.15, -0.1) is 0 Å². The van der Waals surface area contributed by atoms with Crippen molar-refractivity contribution in [3.8, 4) is 0 Å². The van der Waals surface area contributed by atoms with E-state index in [2.05, 4.69) is 114 Å². The van der Waals surface area contributed by atoms with Crippen LogP contribution in [0.5, 0.6) is 0 Å². The van der Waals surface area contributed by atoms with Gasteiger partial charge < -0.3 is 0 Å². The zero-order valence-corrected chi connectivity index (χ0v) is 18.1. The molecule has 0 N–H and O–H groups in total. The van der Waals surface area contributed by atoms with E-state index in [-0.39, 0.29) is 0 Å². The second-order valence-electron chi connectivity index (χ2n) is 8.53. The van der Waals surface area contributed by atoms with Crippen molar-refractivity contribution in [2.45, 2.75) is 53.4 Å². The first-order valence-electron chi connectivity index (χ1n) is 10.3. The Labute approximate surface area is 170 Å². The zero-order valence-electron chi connectivity index (χ0n) is 18.1. The monoisotopic (exact) mass is 368 g/mol. The highest BCUT2D eigenvalue weighted by atomic mass is 14.1. The number of hydrogen-bond acceptors (Lipinski definition) is 0. The number of fused-ring (bicyclic) bond motifs is 2. The van der Waals surface area contributed by atoms with Crippen LogP contribution in [0, 0.1) is 13.8 Å². The van der Waals surface area contributed by atoms with Crippen molar-refractivity contribution in [3.63, 3.8) is 0 Å². The molecule has 0 nitrogen and oxygen atoms in total. The van der Waals surface area contributed by atoms with E-state index in [1.54, 1.807) is 0 Å². The largest absolute Gasteiger partial charge is 0.0587 e. The third-order valence-electron chi connectivity index (χ3n) is 5.37. The van der Waals surface area contributed by atoms with Crippen molar-refractivity contribution >= 4 is 21.5 Å². The fourth-order valence-corrected chi connectivity index (χ4v) is 3.49. The summed E-state index contributed by atoms with van der Waals surface area (Å²) in [7, 11) is 0. The third-order valence-corrected chi connectivity index (χ3v) is 5.37. The van der Waals surface area contributed by atoms with Gasteiger partial charge in [-0.3, -0.25) is 0 Å². The normalized spacial score (nSPS) is 11.1. The molecule has 0 aliphatic heterocycles. The molecule has 4 aromatic carbocycles. The summed E-state index contributed by atoms with van der Waals surface area (Å²) >= 11 is 0. The lowest BCUT2D eigenvalue weighted by Gasteiger charge is -2.07. The molecule has 0 aliphatic rings. The van der Waals surface area contributed by atoms with Gasteiger partial charge in [0.05, 0.1) is 0 Å². The quantitative estimate of drug-likeness (QED) is 0.332. The molecule has 0 heteroatoms. The molecule has 0 bridgehead atoms. The van der Waals surface area contributed by atoms with Crippen LogP contribution in [0.1, 0.15) is 61.8 Å². The van der Waals surface area contributed by atoms with Gasteiger partial charge in [-0.05, 0) is 58.4 Å². The first-order valence-corrected chi connectivity index (χ1v) is 10.3. The summed E-state index contributed by atoms with van der Waals surface area (Å²) in [6.07, 6.45) is 0. The van der Waals surface area contributed by atoms with Crippen molar-refractivity contribution in [2.75, 3.05) is 0 Å². The molecular formula is C28H32. The number of hydrogen-bond donors (Lipinski definition) is 0. The molecule has 0 amide bonds. The molecule has 0 atom stereocenters. The Kier molecular flexibility index (Phi) is 6.19. The van der Waals surface area contributed by atoms with Crippen LogP contribution in [0.25, 0.3) is 21.5 Å². The molecule has 0 fully saturated rings. The van der Waals surface area contributed by atoms with Crippen molar-refractivity contribution in [1.29, 1.82) is 0 Å². The van der Waals surface area contributed by atoms with Gasteiger partial charge in [-0.2, -0.15) is 0 Å². The molecule has 0 saturated heterocycles. The van der Waals surface area contributed by atoms with Gasteiger partial charge in [0.15, 0.2) is 0 Å². The van der Waals surface area contributed by atoms with Crippen molar-refractivity contribution in [1.82, 2.24) is 0 Å². The van der Waals surface area contributed by atoms with E-state index in [0.717, 1.165) is 0 Å². The van der Waals surface area contributed by atoms with E-state index >= 15 is 0 Å². The smallest absolute Gasteiger partial charge is 0.0181 e. The SMILES string of the molecule is Cc1ccc2cc(C(C)C)ccc2c1.Cc1ccc2cc(C(C)C)ccc2c1. The first-order chi connectivity index (χ1) is 13.3. The first kappa shape index (κ1) is 20.1. The Morgan fingerprint density at radius 3 is 1.11 bits per heavy atom. The highest BCUT2D eigenvalue weighted by Crippen LogP contribution is 2.23. The maximum absolute atomic E-state index is 2.29. The van der Waals surface area contributed by atoms with Gasteiger partial charge >= 0.3 is 0 Å². The molecular weight excluding hydrogens is 336 g/mol. The molecule has 0 radical (unpaired) electrons. The van der Waals surface area contributed by atoms with Crippen LogP contribution < -0.4 is 0 Å². The average molecular weight is 369 g/mol. The lowest BCUT2D eigenvalue weighted by atomic mass is 9.98. The maximum atomic E-state index is 2.29. The number of aryl methyl sites for hydroxylation is 2. The van der Waals surface area contributed by atoms with Crippen LogP contribution in [-0.2, 0) is 0 Å². The van der Waals surface area contributed by atoms with Gasteiger partial charge in [0.25, 0.3) is 0 Å². The third kappa shape index (κ3) is 4.81. The molecule has 0 heterocycles. The van der Waals surface area contributed by atoms with E-state index in [1.165, 1.54) is 43.8 Å². The number of benzene rings is 4. The fraction of sp³-hybridized carbons (Fsp3) is 0.286. The minimum absolute atomic E-state index is 0.612. The summed E-state index contributed by atoms with van der Waals surface area (Å²) in [6, 6.07) is 26.7. The van der Waals surface area contributed by atoms with E-state index in [0.29, 0.717) is 11.8 Å². The average Bonchev–Trinajstić information content (AvgIpc) is 2.67. The van der Waals surface area contributed by atoms with Crippen molar-refractivity contribution < 1.29 is 0 Å². The molecule has 144 valence electrons. The standard InChI is InChI=1S/2C14H16/c2*1-10(2)12-6-7-13-8-11(3)4-5-14(13)9-12/h2*4-10H,1-3H3. The van der Waals surface area contributed by atoms with Crippen LogP contribution >= 0.6 is 0 Å². The van der Waals surface area contributed by atoms with Gasteiger partial charge in [0.2, 0.25) is 0 Å². The highest BCUT2D eigenvalue weighted by Gasteiger charge is 2.01. The van der Waals surface area contributed by atoms with Crippen molar-refractivity contribution in [3.05, 3.63) is 95.1 Å². The van der Waals surface area contributed by atoms with E-state index < -0.39 is 0 Å². The lowest BCUT2D eigenvalue weighted by molar-refractivity contribution is 0.868. The van der Waals surface area contributed by atoms with Gasteiger partial charge in [-0.1, -0.05) is 112 Å². The van der Waals surface area contributed by atoms with Crippen LogP contribution in [-0.4, -0.2) is 0 Å².